The Kier molecular flexibility index (Phi) is 8.53. The van der Waals surface area contributed by atoms with Gasteiger partial charge >= 0.3 is 0 Å². The molecule has 3 N–H and O–H groups in total. The second-order valence-electron chi connectivity index (χ2n) is 5.72. The average molecular weight is 410 g/mol. The Morgan fingerprint density at radius 1 is 1.26 bits per heavy atom. The third-order valence-electron chi connectivity index (χ3n) is 3.79. The van der Waals surface area contributed by atoms with Gasteiger partial charge in [0.15, 0.2) is 5.96 Å². The number of rotatable bonds is 8. The van der Waals surface area contributed by atoms with Crippen LogP contribution in [0.25, 0.3) is 0 Å². The van der Waals surface area contributed by atoms with Crippen molar-refractivity contribution >= 4 is 35.0 Å². The molecule has 2 rings (SSSR count). The monoisotopic (exact) mass is 409 g/mol. The minimum absolute atomic E-state index is 0.118. The van der Waals surface area contributed by atoms with E-state index in [0.717, 1.165) is 22.6 Å². The molecule has 9 heteroatoms. The highest BCUT2D eigenvalue weighted by Gasteiger charge is 2.10. The molecule has 1 aromatic heterocycles. The Bertz CT molecular complexity index is 794. The third-order valence-corrected chi connectivity index (χ3v) is 5.32. The number of nitrogens with zero attached hydrogens (tertiary/aromatic N) is 2. The normalized spacial score (nSPS) is 11.3. The van der Waals surface area contributed by atoms with Crippen LogP contribution in [0.2, 0.25) is 0 Å². The van der Waals surface area contributed by atoms with Crippen LogP contribution in [-0.2, 0) is 12.3 Å². The number of carbonyl (C=O) groups is 1. The van der Waals surface area contributed by atoms with E-state index in [1.807, 2.05) is 13.2 Å². The topological polar surface area (TPSA) is 78.4 Å². The zero-order chi connectivity index (χ0) is 19.6. The van der Waals surface area contributed by atoms with Crippen LogP contribution < -0.4 is 16.0 Å². The molecule has 0 bridgehead atoms. The Labute approximate surface area is 167 Å². The molecule has 146 valence electrons. The van der Waals surface area contributed by atoms with Gasteiger partial charge in [-0.05, 0) is 36.4 Å². The van der Waals surface area contributed by atoms with Crippen LogP contribution in [0.15, 0.2) is 28.7 Å². The number of thiazole rings is 1. The van der Waals surface area contributed by atoms with E-state index in [1.165, 1.54) is 17.4 Å². The summed E-state index contributed by atoms with van der Waals surface area (Å²) in [4.78, 5) is 20.9. The molecule has 0 saturated carbocycles. The van der Waals surface area contributed by atoms with Gasteiger partial charge in [0.2, 0.25) is 0 Å². The van der Waals surface area contributed by atoms with Crippen LogP contribution in [0.4, 0.5) is 4.39 Å². The van der Waals surface area contributed by atoms with Gasteiger partial charge in [-0.15, -0.1) is 11.3 Å². The smallest absolute Gasteiger partial charge is 0.263 e. The molecule has 0 atom stereocenters. The van der Waals surface area contributed by atoms with E-state index >= 15 is 0 Å². The van der Waals surface area contributed by atoms with Crippen LogP contribution in [0, 0.1) is 12.7 Å². The lowest BCUT2D eigenvalue weighted by molar-refractivity contribution is 0.0957. The molecule has 0 spiro atoms. The minimum Gasteiger partial charge on any atom is -0.355 e. The molecule has 1 amide bonds. The predicted molar refractivity (Wildman–Crippen MR) is 111 cm³/mol. The van der Waals surface area contributed by atoms with Gasteiger partial charge in [0.25, 0.3) is 5.91 Å². The van der Waals surface area contributed by atoms with Gasteiger partial charge in [0, 0.05) is 32.4 Å². The fourth-order valence-corrected chi connectivity index (χ4v) is 3.71. The number of amides is 1. The number of guanidine groups is 1. The van der Waals surface area contributed by atoms with E-state index in [2.05, 4.69) is 25.9 Å². The van der Waals surface area contributed by atoms with E-state index in [9.17, 15) is 9.18 Å². The molecule has 0 unspecified atom stereocenters. The van der Waals surface area contributed by atoms with Crippen molar-refractivity contribution < 1.29 is 9.18 Å². The Morgan fingerprint density at radius 2 is 2.04 bits per heavy atom. The van der Waals surface area contributed by atoms with E-state index in [-0.39, 0.29) is 11.7 Å². The highest BCUT2D eigenvalue weighted by atomic mass is 32.2. The first kappa shape index (κ1) is 21.2. The van der Waals surface area contributed by atoms with E-state index < -0.39 is 0 Å². The summed E-state index contributed by atoms with van der Waals surface area (Å²) in [5.74, 6) is 1.03. The van der Waals surface area contributed by atoms with Crippen molar-refractivity contribution in [3.63, 3.8) is 0 Å². The lowest BCUT2D eigenvalue weighted by atomic mass is 10.1. The molecule has 0 aliphatic carbocycles. The lowest BCUT2D eigenvalue weighted by Crippen LogP contribution is -2.41. The maximum Gasteiger partial charge on any atom is 0.263 e. The van der Waals surface area contributed by atoms with Crippen molar-refractivity contribution in [2.24, 2.45) is 4.99 Å². The fraction of sp³-hybridized carbons (Fsp3) is 0.389. The molecular formula is C18H24FN5OS2. The van der Waals surface area contributed by atoms with E-state index in [1.54, 1.807) is 36.5 Å². The van der Waals surface area contributed by atoms with Gasteiger partial charge in [0.05, 0.1) is 11.2 Å². The molecule has 6 nitrogen and oxygen atoms in total. The summed E-state index contributed by atoms with van der Waals surface area (Å²) < 4.78 is 13.4. The fourth-order valence-electron chi connectivity index (χ4n) is 2.41. The number of thioether (sulfide) groups is 1. The number of nitrogens with one attached hydrogen (secondary N) is 3. The minimum atomic E-state index is -0.225. The summed E-state index contributed by atoms with van der Waals surface area (Å²) in [6, 6.07) is 4.83. The first-order valence-corrected chi connectivity index (χ1v) is 10.7. The van der Waals surface area contributed by atoms with Crippen molar-refractivity contribution in [1.29, 1.82) is 0 Å². The van der Waals surface area contributed by atoms with Crippen molar-refractivity contribution in [3.8, 4) is 0 Å². The van der Waals surface area contributed by atoms with Crippen LogP contribution in [-0.4, -0.2) is 43.2 Å². The summed E-state index contributed by atoms with van der Waals surface area (Å²) >= 11 is 2.98. The van der Waals surface area contributed by atoms with Gasteiger partial charge in [-0.1, -0.05) is 6.07 Å². The van der Waals surface area contributed by atoms with E-state index in [4.69, 9.17) is 0 Å². The standard InChI is InChI=1S/C18H24FN5OS2/c1-12-16(27-11-24-12)17(25)21-6-7-22-18(20-2)23-9-13-4-5-15(19)8-14(13)10-26-3/h4-5,8,11H,6-7,9-10H2,1-3H3,(H,21,25)(H2,20,22,23). The number of aromatic nitrogens is 1. The highest BCUT2D eigenvalue weighted by Crippen LogP contribution is 2.16. The largest absolute Gasteiger partial charge is 0.355 e. The molecule has 1 heterocycles. The van der Waals surface area contributed by atoms with Gasteiger partial charge in [-0.25, -0.2) is 9.37 Å². The molecular weight excluding hydrogens is 385 g/mol. The van der Waals surface area contributed by atoms with Gasteiger partial charge in [-0.2, -0.15) is 11.8 Å². The number of benzene rings is 1. The summed E-state index contributed by atoms with van der Waals surface area (Å²) in [7, 11) is 1.68. The van der Waals surface area contributed by atoms with E-state index in [0.29, 0.717) is 30.5 Å². The van der Waals surface area contributed by atoms with Crippen molar-refractivity contribution in [3.05, 3.63) is 51.2 Å². The summed E-state index contributed by atoms with van der Waals surface area (Å²) in [5, 5.41) is 9.22. The number of carbonyl (C=O) groups excluding carboxylic acids is 1. The molecule has 0 fully saturated rings. The first-order chi connectivity index (χ1) is 13.0. The lowest BCUT2D eigenvalue weighted by Gasteiger charge is -2.14. The molecule has 27 heavy (non-hydrogen) atoms. The summed E-state index contributed by atoms with van der Waals surface area (Å²) in [6.07, 6.45) is 1.99. The zero-order valence-corrected chi connectivity index (χ0v) is 17.3. The predicted octanol–water partition coefficient (Wildman–Crippen LogP) is 2.55. The first-order valence-electron chi connectivity index (χ1n) is 8.44. The number of aliphatic imine (C=N–C) groups is 1. The second kappa shape index (κ2) is 10.9. The maximum absolute atomic E-state index is 13.4. The zero-order valence-electron chi connectivity index (χ0n) is 15.6. The molecule has 0 aliphatic rings. The number of hydrogen-bond acceptors (Lipinski definition) is 5. The molecule has 1 aromatic carbocycles. The van der Waals surface area contributed by atoms with Gasteiger partial charge in [-0.3, -0.25) is 9.79 Å². The highest BCUT2D eigenvalue weighted by molar-refractivity contribution is 7.97. The quantitative estimate of drug-likeness (QED) is 0.355. The average Bonchev–Trinajstić information content (AvgIpc) is 3.08. The third kappa shape index (κ3) is 6.51. The Balaban J connectivity index is 1.78. The van der Waals surface area contributed by atoms with Crippen LogP contribution >= 0.6 is 23.1 Å². The van der Waals surface area contributed by atoms with Crippen molar-refractivity contribution in [2.75, 3.05) is 26.4 Å². The van der Waals surface area contributed by atoms with Gasteiger partial charge in [0.1, 0.15) is 10.7 Å². The SMILES string of the molecule is CN=C(NCCNC(=O)c1scnc1C)NCc1ccc(F)cc1CSC. The summed E-state index contributed by atoms with van der Waals surface area (Å²) in [6.45, 7) is 3.36. The van der Waals surface area contributed by atoms with Crippen LogP contribution in [0.3, 0.4) is 0 Å². The van der Waals surface area contributed by atoms with Crippen molar-refractivity contribution in [2.45, 2.75) is 19.2 Å². The molecule has 0 saturated heterocycles. The Hall–Kier alpha value is -2.13. The number of halogens is 1. The molecule has 2 aromatic rings. The van der Waals surface area contributed by atoms with Crippen LogP contribution in [0.5, 0.6) is 0 Å². The number of aryl methyl sites for hydroxylation is 1. The van der Waals surface area contributed by atoms with Gasteiger partial charge < -0.3 is 16.0 Å². The van der Waals surface area contributed by atoms with Crippen molar-refractivity contribution in [1.82, 2.24) is 20.9 Å². The number of hydrogen-bond donors (Lipinski definition) is 3. The molecule has 0 radical (unpaired) electrons. The second-order valence-corrected chi connectivity index (χ2v) is 7.44. The maximum atomic E-state index is 13.4. The summed E-state index contributed by atoms with van der Waals surface area (Å²) in [5.41, 5.74) is 4.40. The van der Waals surface area contributed by atoms with Crippen LogP contribution in [0.1, 0.15) is 26.5 Å². The Morgan fingerprint density at radius 3 is 2.70 bits per heavy atom. The molecule has 0 aliphatic heterocycles.